The molecule has 1 aromatic heterocycles. The molecule has 0 bridgehead atoms. The molecule has 2 heterocycles. The fourth-order valence-corrected chi connectivity index (χ4v) is 3.25. The molecule has 0 spiro atoms. The Balaban J connectivity index is 1.91. The van der Waals surface area contributed by atoms with Crippen LogP contribution < -0.4 is 0 Å². The Morgan fingerprint density at radius 1 is 1.22 bits per heavy atom. The molecule has 1 N–H and O–H groups in total. The van der Waals surface area contributed by atoms with Crippen molar-refractivity contribution in [2.75, 3.05) is 24.6 Å². The topological polar surface area (TPSA) is 36.1 Å². The highest BCUT2D eigenvalue weighted by Gasteiger charge is 2.19. The molecule has 3 rings (SSSR count). The van der Waals surface area contributed by atoms with Crippen LogP contribution in [-0.4, -0.2) is 40.4 Å². The van der Waals surface area contributed by atoms with Gasteiger partial charge in [0, 0.05) is 35.9 Å². The van der Waals surface area contributed by atoms with Crippen LogP contribution in [0.1, 0.15) is 16.8 Å². The second-order valence-corrected chi connectivity index (χ2v) is 5.73. The van der Waals surface area contributed by atoms with Crippen molar-refractivity contribution in [3.8, 4) is 0 Å². The highest BCUT2D eigenvalue weighted by Crippen LogP contribution is 2.20. The molecule has 0 aliphatic carbocycles. The van der Waals surface area contributed by atoms with Crippen LogP contribution in [0.2, 0.25) is 0 Å². The van der Waals surface area contributed by atoms with Crippen molar-refractivity contribution in [1.29, 1.82) is 0 Å². The lowest BCUT2D eigenvalue weighted by molar-refractivity contribution is 0.0770. The predicted octanol–water partition coefficient (Wildman–Crippen LogP) is 2.75. The highest BCUT2D eigenvalue weighted by molar-refractivity contribution is 7.99. The SMILES string of the molecule is O=C(c1c[nH]c2ccccc12)N1CCCSCC1. The zero-order chi connectivity index (χ0) is 12.4. The maximum absolute atomic E-state index is 12.5. The van der Waals surface area contributed by atoms with Gasteiger partial charge in [0.25, 0.3) is 5.91 Å². The zero-order valence-electron chi connectivity index (χ0n) is 10.2. The van der Waals surface area contributed by atoms with Crippen molar-refractivity contribution < 1.29 is 4.79 Å². The molecule has 0 saturated carbocycles. The number of nitrogens with zero attached hydrogens (tertiary/aromatic N) is 1. The lowest BCUT2D eigenvalue weighted by Crippen LogP contribution is -2.32. The summed E-state index contributed by atoms with van der Waals surface area (Å²) in [6.07, 6.45) is 2.93. The van der Waals surface area contributed by atoms with Gasteiger partial charge in [0.1, 0.15) is 0 Å². The molecule has 1 amide bonds. The smallest absolute Gasteiger partial charge is 0.256 e. The molecule has 94 valence electrons. The molecular weight excluding hydrogens is 244 g/mol. The van der Waals surface area contributed by atoms with Crippen LogP contribution in [0.15, 0.2) is 30.5 Å². The number of para-hydroxylation sites is 1. The first-order valence-corrected chi connectivity index (χ1v) is 7.45. The van der Waals surface area contributed by atoms with Crippen molar-refractivity contribution in [2.24, 2.45) is 0 Å². The van der Waals surface area contributed by atoms with E-state index in [1.165, 1.54) is 0 Å². The van der Waals surface area contributed by atoms with E-state index >= 15 is 0 Å². The summed E-state index contributed by atoms with van der Waals surface area (Å²) < 4.78 is 0. The lowest BCUT2D eigenvalue weighted by Gasteiger charge is -2.19. The van der Waals surface area contributed by atoms with E-state index < -0.39 is 0 Å². The van der Waals surface area contributed by atoms with Gasteiger partial charge in [-0.25, -0.2) is 0 Å². The van der Waals surface area contributed by atoms with Crippen molar-refractivity contribution in [3.05, 3.63) is 36.0 Å². The number of aromatic amines is 1. The van der Waals surface area contributed by atoms with Gasteiger partial charge in [0.05, 0.1) is 5.56 Å². The van der Waals surface area contributed by atoms with Gasteiger partial charge < -0.3 is 9.88 Å². The number of fused-ring (bicyclic) bond motifs is 1. The van der Waals surface area contributed by atoms with E-state index in [9.17, 15) is 4.79 Å². The fraction of sp³-hybridized carbons (Fsp3) is 0.357. The number of carbonyl (C=O) groups is 1. The van der Waals surface area contributed by atoms with Gasteiger partial charge in [0.15, 0.2) is 0 Å². The second-order valence-electron chi connectivity index (χ2n) is 4.51. The monoisotopic (exact) mass is 260 g/mol. The molecule has 0 radical (unpaired) electrons. The number of rotatable bonds is 1. The van der Waals surface area contributed by atoms with E-state index in [1.54, 1.807) is 0 Å². The zero-order valence-corrected chi connectivity index (χ0v) is 11.0. The molecule has 0 unspecified atom stereocenters. The average Bonchev–Trinajstić information content (AvgIpc) is 2.65. The number of carbonyl (C=O) groups excluding carboxylic acids is 1. The number of aromatic nitrogens is 1. The summed E-state index contributed by atoms with van der Waals surface area (Å²) in [5.74, 6) is 2.38. The Hall–Kier alpha value is -1.42. The quantitative estimate of drug-likeness (QED) is 0.856. The standard InChI is InChI=1S/C14H16N2OS/c17-14(16-6-3-8-18-9-7-16)12-10-15-13-5-2-1-4-11(12)13/h1-2,4-5,10,15H,3,6-9H2. The summed E-state index contributed by atoms with van der Waals surface area (Å²) in [7, 11) is 0. The van der Waals surface area contributed by atoms with Crippen molar-refractivity contribution in [3.63, 3.8) is 0 Å². The van der Waals surface area contributed by atoms with Crippen molar-refractivity contribution in [1.82, 2.24) is 9.88 Å². The third-order valence-electron chi connectivity index (χ3n) is 3.33. The van der Waals surface area contributed by atoms with E-state index in [0.29, 0.717) is 0 Å². The van der Waals surface area contributed by atoms with Gasteiger partial charge in [0.2, 0.25) is 0 Å². The highest BCUT2D eigenvalue weighted by atomic mass is 32.2. The Bertz CT molecular complexity index is 556. The molecule has 0 atom stereocenters. The number of benzene rings is 1. The first-order chi connectivity index (χ1) is 8.86. The molecule has 1 saturated heterocycles. The van der Waals surface area contributed by atoms with Gasteiger partial charge >= 0.3 is 0 Å². The predicted molar refractivity (Wildman–Crippen MR) is 76.1 cm³/mol. The summed E-state index contributed by atoms with van der Waals surface area (Å²) in [5.41, 5.74) is 1.84. The summed E-state index contributed by atoms with van der Waals surface area (Å²) in [6.45, 7) is 1.74. The molecule has 18 heavy (non-hydrogen) atoms. The summed E-state index contributed by atoms with van der Waals surface area (Å²) in [6, 6.07) is 7.97. The van der Waals surface area contributed by atoms with Gasteiger partial charge in [-0.3, -0.25) is 4.79 Å². The van der Waals surface area contributed by atoms with Crippen LogP contribution in [0.3, 0.4) is 0 Å². The first kappa shape index (κ1) is 11.7. The Morgan fingerprint density at radius 2 is 2.11 bits per heavy atom. The average molecular weight is 260 g/mol. The minimum atomic E-state index is 0.162. The number of hydrogen-bond donors (Lipinski definition) is 1. The van der Waals surface area contributed by atoms with Crippen LogP contribution in [0, 0.1) is 0 Å². The minimum Gasteiger partial charge on any atom is -0.360 e. The normalized spacial score (nSPS) is 16.8. The maximum Gasteiger partial charge on any atom is 0.256 e. The number of amides is 1. The molecule has 3 nitrogen and oxygen atoms in total. The lowest BCUT2D eigenvalue weighted by atomic mass is 10.1. The van der Waals surface area contributed by atoms with E-state index in [2.05, 4.69) is 4.98 Å². The molecular formula is C14H16N2OS. The molecule has 1 aliphatic heterocycles. The van der Waals surface area contributed by atoms with Crippen LogP contribution in [-0.2, 0) is 0 Å². The molecule has 4 heteroatoms. The van der Waals surface area contributed by atoms with E-state index in [1.807, 2.05) is 47.1 Å². The van der Waals surface area contributed by atoms with Gasteiger partial charge in [-0.05, 0) is 18.2 Å². The second kappa shape index (κ2) is 5.06. The van der Waals surface area contributed by atoms with E-state index in [-0.39, 0.29) is 5.91 Å². The third kappa shape index (κ3) is 2.12. The summed E-state index contributed by atoms with van der Waals surface area (Å²) in [4.78, 5) is 17.7. The number of thioether (sulfide) groups is 1. The Morgan fingerprint density at radius 3 is 3.06 bits per heavy atom. The summed E-state index contributed by atoms with van der Waals surface area (Å²) in [5, 5.41) is 1.03. The van der Waals surface area contributed by atoms with Crippen molar-refractivity contribution >= 4 is 28.6 Å². The minimum absolute atomic E-state index is 0.162. The van der Waals surface area contributed by atoms with Crippen molar-refractivity contribution in [2.45, 2.75) is 6.42 Å². The number of nitrogens with one attached hydrogen (secondary N) is 1. The molecule has 1 aromatic carbocycles. The summed E-state index contributed by atoms with van der Waals surface area (Å²) >= 11 is 1.94. The Kier molecular flexibility index (Phi) is 3.28. The molecule has 1 aliphatic rings. The number of H-pyrrole nitrogens is 1. The van der Waals surface area contributed by atoms with Gasteiger partial charge in [-0.15, -0.1) is 0 Å². The first-order valence-electron chi connectivity index (χ1n) is 6.29. The Labute approximate surface area is 111 Å². The van der Waals surface area contributed by atoms with E-state index in [4.69, 9.17) is 0 Å². The van der Waals surface area contributed by atoms with Gasteiger partial charge in [-0.1, -0.05) is 18.2 Å². The number of hydrogen-bond acceptors (Lipinski definition) is 2. The van der Waals surface area contributed by atoms with Crippen LogP contribution in [0.25, 0.3) is 10.9 Å². The maximum atomic E-state index is 12.5. The fourth-order valence-electron chi connectivity index (χ4n) is 2.37. The largest absolute Gasteiger partial charge is 0.360 e. The van der Waals surface area contributed by atoms with Crippen LogP contribution in [0.5, 0.6) is 0 Å². The van der Waals surface area contributed by atoms with Crippen LogP contribution in [0.4, 0.5) is 0 Å². The molecule has 1 fully saturated rings. The molecule has 2 aromatic rings. The van der Waals surface area contributed by atoms with Crippen LogP contribution >= 0.6 is 11.8 Å². The third-order valence-corrected chi connectivity index (χ3v) is 4.38. The van der Waals surface area contributed by atoms with Gasteiger partial charge in [-0.2, -0.15) is 11.8 Å². The van der Waals surface area contributed by atoms with E-state index in [0.717, 1.165) is 47.5 Å².